The molecule has 0 spiro atoms. The van der Waals surface area contributed by atoms with E-state index in [1.165, 1.54) is 31.5 Å². The van der Waals surface area contributed by atoms with Gasteiger partial charge in [-0.1, -0.05) is 35.2 Å². The maximum absolute atomic E-state index is 13.5. The van der Waals surface area contributed by atoms with Crippen molar-refractivity contribution in [3.63, 3.8) is 0 Å². The van der Waals surface area contributed by atoms with Crippen LogP contribution in [0.15, 0.2) is 44.7 Å². The maximum atomic E-state index is 13.5. The van der Waals surface area contributed by atoms with Crippen molar-refractivity contribution in [3.8, 4) is 17.2 Å². The van der Waals surface area contributed by atoms with Gasteiger partial charge in [-0.15, -0.1) is 0 Å². The van der Waals surface area contributed by atoms with Crippen LogP contribution in [0.4, 0.5) is 0 Å². The van der Waals surface area contributed by atoms with Crippen molar-refractivity contribution in [2.45, 2.75) is 38.0 Å². The first-order valence-electron chi connectivity index (χ1n) is 11.3. The second-order valence-electron chi connectivity index (χ2n) is 8.26. The van der Waals surface area contributed by atoms with Gasteiger partial charge in [0.1, 0.15) is 5.82 Å². The highest BCUT2D eigenvalue weighted by Gasteiger charge is 2.23. The van der Waals surface area contributed by atoms with Crippen molar-refractivity contribution in [1.82, 2.24) is 9.66 Å². The lowest BCUT2D eigenvalue weighted by molar-refractivity contribution is -0.139. The summed E-state index contributed by atoms with van der Waals surface area (Å²) in [6.45, 7) is -0.543. The van der Waals surface area contributed by atoms with Gasteiger partial charge in [-0.2, -0.15) is 9.78 Å². The first-order chi connectivity index (χ1) is 16.9. The number of fused-ring (bicyclic) bond motifs is 1. The summed E-state index contributed by atoms with van der Waals surface area (Å²) < 4.78 is 18.3. The number of ether oxygens (including phenoxy) is 3. The van der Waals surface area contributed by atoms with Crippen molar-refractivity contribution in [2.24, 2.45) is 5.10 Å². The molecular formula is C25H26BrN3O6. The summed E-state index contributed by atoms with van der Waals surface area (Å²) >= 11 is 3.43. The molecule has 1 N–H and O–H groups in total. The van der Waals surface area contributed by atoms with E-state index >= 15 is 0 Å². The number of hydrogen-bond donors (Lipinski definition) is 1. The molecule has 3 aromatic rings. The molecule has 0 unspecified atom stereocenters. The number of halogens is 1. The van der Waals surface area contributed by atoms with Crippen molar-refractivity contribution in [2.75, 3.05) is 20.8 Å². The van der Waals surface area contributed by atoms with E-state index < -0.39 is 12.6 Å². The molecule has 10 heteroatoms. The summed E-state index contributed by atoms with van der Waals surface area (Å²) in [6.07, 6.45) is 6.82. The lowest BCUT2D eigenvalue weighted by atomic mass is 9.88. The predicted octanol–water partition coefficient (Wildman–Crippen LogP) is 4.57. The largest absolute Gasteiger partial charge is 0.493 e. The van der Waals surface area contributed by atoms with Crippen LogP contribution < -0.4 is 19.8 Å². The zero-order chi connectivity index (χ0) is 24.9. The van der Waals surface area contributed by atoms with E-state index in [1.807, 2.05) is 12.1 Å². The van der Waals surface area contributed by atoms with Crippen LogP contribution in [-0.2, 0) is 4.79 Å². The Morgan fingerprint density at radius 1 is 1.17 bits per heavy atom. The van der Waals surface area contributed by atoms with Gasteiger partial charge in [0.05, 0.1) is 31.3 Å². The van der Waals surface area contributed by atoms with E-state index in [0.29, 0.717) is 22.3 Å². The zero-order valence-electron chi connectivity index (χ0n) is 19.5. The number of methoxy groups -OCH3 is 2. The SMILES string of the molecule is COc1cc(C=Nn2c(C3CCCCC3)nc3ccc(Br)cc3c2=O)cc(OC)c1OCC(=O)O. The van der Waals surface area contributed by atoms with E-state index in [1.54, 1.807) is 18.2 Å². The maximum Gasteiger partial charge on any atom is 0.341 e. The van der Waals surface area contributed by atoms with Crippen molar-refractivity contribution in [3.05, 3.63) is 56.5 Å². The molecule has 2 aromatic carbocycles. The van der Waals surface area contributed by atoms with Gasteiger partial charge in [0.2, 0.25) is 5.75 Å². The molecule has 35 heavy (non-hydrogen) atoms. The summed E-state index contributed by atoms with van der Waals surface area (Å²) in [7, 11) is 2.89. The molecule has 1 heterocycles. The zero-order valence-corrected chi connectivity index (χ0v) is 21.1. The lowest BCUT2D eigenvalue weighted by Crippen LogP contribution is -2.25. The Kier molecular flexibility index (Phi) is 7.70. The molecule has 0 atom stereocenters. The summed E-state index contributed by atoms with van der Waals surface area (Å²) in [5.74, 6) is 0.426. The normalized spacial score (nSPS) is 14.4. The fraction of sp³-hybridized carbons (Fsp3) is 0.360. The number of nitrogens with zero attached hydrogens (tertiary/aromatic N) is 3. The van der Waals surface area contributed by atoms with Crippen LogP contribution in [-0.4, -0.2) is 47.8 Å². The number of benzene rings is 2. The monoisotopic (exact) mass is 543 g/mol. The quantitative estimate of drug-likeness (QED) is 0.414. The fourth-order valence-electron chi connectivity index (χ4n) is 4.28. The molecule has 1 aliphatic rings. The Morgan fingerprint density at radius 2 is 1.86 bits per heavy atom. The van der Waals surface area contributed by atoms with Gasteiger partial charge in [0.25, 0.3) is 5.56 Å². The first-order valence-corrected chi connectivity index (χ1v) is 12.1. The minimum absolute atomic E-state index is 0.150. The Morgan fingerprint density at radius 3 is 2.49 bits per heavy atom. The summed E-state index contributed by atoms with van der Waals surface area (Å²) in [6, 6.07) is 8.74. The summed E-state index contributed by atoms with van der Waals surface area (Å²) in [5, 5.41) is 14.0. The minimum Gasteiger partial charge on any atom is -0.493 e. The highest BCUT2D eigenvalue weighted by Crippen LogP contribution is 2.38. The number of carbonyl (C=O) groups is 1. The molecule has 184 valence electrons. The standard InChI is InChI=1S/C25H26BrN3O6/c1-33-20-10-15(11-21(34-2)23(20)35-14-22(30)31)13-27-29-24(16-6-4-3-5-7-16)28-19-9-8-17(26)12-18(19)25(29)32/h8-13,16H,3-7,14H2,1-2H3,(H,30,31). The van der Waals surface area contributed by atoms with Crippen molar-refractivity contribution in [1.29, 1.82) is 0 Å². The summed E-state index contributed by atoms with van der Waals surface area (Å²) in [4.78, 5) is 29.3. The third-order valence-corrected chi connectivity index (χ3v) is 6.44. The Labute approximate surface area is 210 Å². The van der Waals surface area contributed by atoms with Crippen LogP contribution in [0.1, 0.15) is 49.4 Å². The van der Waals surface area contributed by atoms with Gasteiger partial charge >= 0.3 is 5.97 Å². The molecule has 0 bridgehead atoms. The number of aliphatic carboxylic acids is 1. The smallest absolute Gasteiger partial charge is 0.341 e. The molecule has 0 radical (unpaired) electrons. The number of aromatic nitrogens is 2. The lowest BCUT2D eigenvalue weighted by Gasteiger charge is -2.22. The van der Waals surface area contributed by atoms with Crippen LogP contribution in [0.2, 0.25) is 0 Å². The van der Waals surface area contributed by atoms with Crippen LogP contribution >= 0.6 is 15.9 Å². The van der Waals surface area contributed by atoms with Crippen LogP contribution in [0.25, 0.3) is 10.9 Å². The predicted molar refractivity (Wildman–Crippen MR) is 135 cm³/mol. The fourth-order valence-corrected chi connectivity index (χ4v) is 4.64. The van der Waals surface area contributed by atoms with Gasteiger partial charge < -0.3 is 19.3 Å². The van der Waals surface area contributed by atoms with E-state index in [2.05, 4.69) is 21.0 Å². The molecule has 1 aliphatic carbocycles. The molecule has 0 saturated heterocycles. The average molecular weight is 544 g/mol. The van der Waals surface area contributed by atoms with Gasteiger partial charge in [-0.05, 0) is 43.2 Å². The highest BCUT2D eigenvalue weighted by atomic mass is 79.9. The third-order valence-electron chi connectivity index (χ3n) is 5.95. The molecule has 9 nitrogen and oxygen atoms in total. The van der Waals surface area contributed by atoms with E-state index in [0.717, 1.165) is 30.2 Å². The molecule has 4 rings (SSSR count). The first kappa shape index (κ1) is 24.7. The molecular weight excluding hydrogens is 518 g/mol. The number of hydrogen-bond acceptors (Lipinski definition) is 7. The highest BCUT2D eigenvalue weighted by molar-refractivity contribution is 9.10. The van der Waals surface area contributed by atoms with Crippen molar-refractivity contribution >= 4 is 39.0 Å². The molecule has 1 saturated carbocycles. The second-order valence-corrected chi connectivity index (χ2v) is 9.18. The Hall–Kier alpha value is -3.40. The molecule has 1 fully saturated rings. The van der Waals surface area contributed by atoms with Gasteiger partial charge in [-0.3, -0.25) is 4.79 Å². The van der Waals surface area contributed by atoms with Gasteiger partial charge in [0, 0.05) is 16.0 Å². The Balaban J connectivity index is 1.80. The average Bonchev–Trinajstić information content (AvgIpc) is 2.87. The molecule has 0 aliphatic heterocycles. The third kappa shape index (κ3) is 5.48. The Bertz CT molecular complexity index is 1310. The number of rotatable bonds is 8. The van der Waals surface area contributed by atoms with Gasteiger partial charge in [0.15, 0.2) is 18.1 Å². The number of carboxylic acid groups (broad SMARTS) is 1. The van der Waals surface area contributed by atoms with E-state index in [-0.39, 0.29) is 28.7 Å². The van der Waals surface area contributed by atoms with E-state index in [9.17, 15) is 9.59 Å². The van der Waals surface area contributed by atoms with E-state index in [4.69, 9.17) is 24.3 Å². The van der Waals surface area contributed by atoms with Crippen LogP contribution in [0.5, 0.6) is 17.2 Å². The second kappa shape index (κ2) is 10.9. The van der Waals surface area contributed by atoms with Crippen LogP contribution in [0.3, 0.4) is 0 Å². The minimum atomic E-state index is -1.12. The molecule has 0 amide bonds. The van der Waals surface area contributed by atoms with Crippen molar-refractivity contribution < 1.29 is 24.1 Å². The molecule has 1 aromatic heterocycles. The topological polar surface area (TPSA) is 112 Å². The summed E-state index contributed by atoms with van der Waals surface area (Å²) in [5.41, 5.74) is 0.985. The van der Waals surface area contributed by atoms with Gasteiger partial charge in [-0.25, -0.2) is 9.78 Å². The number of carboxylic acids is 1. The van der Waals surface area contributed by atoms with Crippen LogP contribution in [0, 0.1) is 0 Å².